The molecule has 0 aliphatic carbocycles. The van der Waals surface area contributed by atoms with E-state index >= 15 is 0 Å². The van der Waals surface area contributed by atoms with Gasteiger partial charge in [0, 0.05) is 21.9 Å². The van der Waals surface area contributed by atoms with Crippen LogP contribution in [0.1, 0.15) is 23.7 Å². The standard InChI is InChI=1S/C14H15ClN4OS/c15-9-1-2-13-11(7-9)12(4-6-21-13)18-14(20)16-8-10-3-5-17-19-10/h1-3,5,7,12H,4,6,8H2,(H,17,19)(H2,16,18,20)/t12-/m1/s1. The smallest absolute Gasteiger partial charge is 0.315 e. The van der Waals surface area contributed by atoms with Crippen molar-refractivity contribution in [1.29, 1.82) is 0 Å². The van der Waals surface area contributed by atoms with Gasteiger partial charge in [0.15, 0.2) is 0 Å². The Morgan fingerprint density at radius 2 is 2.38 bits per heavy atom. The number of hydrogen-bond donors (Lipinski definition) is 3. The highest BCUT2D eigenvalue weighted by Crippen LogP contribution is 2.37. The minimum absolute atomic E-state index is 0.00159. The number of nitrogens with zero attached hydrogens (tertiary/aromatic N) is 1. The van der Waals surface area contributed by atoms with Crippen LogP contribution in [0.4, 0.5) is 4.79 Å². The molecule has 1 atom stereocenters. The molecule has 0 spiro atoms. The van der Waals surface area contributed by atoms with Gasteiger partial charge < -0.3 is 10.6 Å². The molecule has 3 rings (SSSR count). The molecule has 1 aromatic carbocycles. The van der Waals surface area contributed by atoms with Gasteiger partial charge in [0.1, 0.15) is 0 Å². The Morgan fingerprint density at radius 3 is 3.19 bits per heavy atom. The summed E-state index contributed by atoms with van der Waals surface area (Å²) in [6, 6.07) is 7.47. The number of fused-ring (bicyclic) bond motifs is 1. The third kappa shape index (κ3) is 3.51. The van der Waals surface area contributed by atoms with Crippen LogP contribution < -0.4 is 10.6 Å². The molecule has 5 nitrogen and oxygen atoms in total. The number of aromatic amines is 1. The predicted molar refractivity (Wildman–Crippen MR) is 83.5 cm³/mol. The second-order valence-corrected chi connectivity index (χ2v) is 6.35. The molecule has 1 aliphatic rings. The first kappa shape index (κ1) is 14.3. The Balaban J connectivity index is 1.63. The number of halogens is 1. The molecule has 0 saturated heterocycles. The minimum atomic E-state index is -0.188. The number of rotatable bonds is 3. The average Bonchev–Trinajstić information content (AvgIpc) is 2.99. The molecule has 2 heterocycles. The fourth-order valence-electron chi connectivity index (χ4n) is 2.28. The van der Waals surface area contributed by atoms with Crippen LogP contribution in [0.3, 0.4) is 0 Å². The van der Waals surface area contributed by atoms with Crippen molar-refractivity contribution in [2.45, 2.75) is 23.9 Å². The Hall–Kier alpha value is -1.66. The SMILES string of the molecule is O=C(NCc1ccn[nH]1)N[C@@H]1CCSc2ccc(Cl)cc21. The highest BCUT2D eigenvalue weighted by atomic mass is 35.5. The van der Waals surface area contributed by atoms with Crippen molar-refractivity contribution in [1.82, 2.24) is 20.8 Å². The third-order valence-corrected chi connectivity index (χ3v) is 4.67. The van der Waals surface area contributed by atoms with Crippen molar-refractivity contribution in [3.05, 3.63) is 46.7 Å². The average molecular weight is 323 g/mol. The zero-order chi connectivity index (χ0) is 14.7. The zero-order valence-corrected chi connectivity index (χ0v) is 12.8. The molecular weight excluding hydrogens is 308 g/mol. The van der Waals surface area contributed by atoms with Gasteiger partial charge in [-0.3, -0.25) is 5.10 Å². The van der Waals surface area contributed by atoms with Crippen molar-refractivity contribution in [2.24, 2.45) is 0 Å². The Morgan fingerprint density at radius 1 is 1.48 bits per heavy atom. The maximum Gasteiger partial charge on any atom is 0.315 e. The first-order valence-corrected chi connectivity index (χ1v) is 8.03. The molecule has 0 fully saturated rings. The number of thioether (sulfide) groups is 1. The van der Waals surface area contributed by atoms with Gasteiger partial charge in [-0.15, -0.1) is 11.8 Å². The van der Waals surface area contributed by atoms with Gasteiger partial charge in [-0.1, -0.05) is 11.6 Å². The minimum Gasteiger partial charge on any atom is -0.333 e. The lowest BCUT2D eigenvalue weighted by Gasteiger charge is -2.26. The van der Waals surface area contributed by atoms with Crippen LogP contribution in [0.5, 0.6) is 0 Å². The van der Waals surface area contributed by atoms with Crippen molar-refractivity contribution < 1.29 is 4.79 Å². The number of carbonyl (C=O) groups excluding carboxylic acids is 1. The summed E-state index contributed by atoms with van der Waals surface area (Å²) in [5, 5.41) is 13.2. The second-order valence-electron chi connectivity index (χ2n) is 4.78. The van der Waals surface area contributed by atoms with Crippen LogP contribution in [0.15, 0.2) is 35.4 Å². The van der Waals surface area contributed by atoms with E-state index in [0.29, 0.717) is 11.6 Å². The molecule has 3 N–H and O–H groups in total. The summed E-state index contributed by atoms with van der Waals surface area (Å²) in [6.07, 6.45) is 2.56. The normalized spacial score (nSPS) is 17.1. The highest BCUT2D eigenvalue weighted by molar-refractivity contribution is 7.99. The number of benzene rings is 1. The van der Waals surface area contributed by atoms with Crippen LogP contribution >= 0.6 is 23.4 Å². The lowest BCUT2D eigenvalue weighted by molar-refractivity contribution is 0.236. The van der Waals surface area contributed by atoms with Crippen LogP contribution in [0, 0.1) is 0 Å². The third-order valence-electron chi connectivity index (χ3n) is 3.31. The molecule has 2 amide bonds. The monoisotopic (exact) mass is 322 g/mol. The van der Waals surface area contributed by atoms with Gasteiger partial charge in [0.2, 0.25) is 0 Å². The summed E-state index contributed by atoms with van der Waals surface area (Å²) in [4.78, 5) is 13.2. The largest absolute Gasteiger partial charge is 0.333 e. The quantitative estimate of drug-likeness (QED) is 0.813. The van der Waals surface area contributed by atoms with E-state index in [1.807, 2.05) is 24.3 Å². The van der Waals surface area contributed by atoms with Crippen LogP contribution in [-0.4, -0.2) is 22.0 Å². The lowest BCUT2D eigenvalue weighted by Crippen LogP contribution is -2.38. The van der Waals surface area contributed by atoms with E-state index in [-0.39, 0.29) is 12.1 Å². The molecule has 1 aliphatic heterocycles. The van der Waals surface area contributed by atoms with E-state index in [4.69, 9.17) is 11.6 Å². The van der Waals surface area contributed by atoms with Crippen LogP contribution in [0.2, 0.25) is 5.02 Å². The number of hydrogen-bond acceptors (Lipinski definition) is 3. The topological polar surface area (TPSA) is 69.8 Å². The summed E-state index contributed by atoms with van der Waals surface area (Å²) in [6.45, 7) is 0.426. The molecule has 0 saturated carbocycles. The number of carbonyl (C=O) groups is 1. The number of H-pyrrole nitrogens is 1. The van der Waals surface area contributed by atoms with E-state index in [2.05, 4.69) is 20.8 Å². The van der Waals surface area contributed by atoms with E-state index in [0.717, 1.165) is 23.4 Å². The maximum absolute atomic E-state index is 12.0. The summed E-state index contributed by atoms with van der Waals surface area (Å²) < 4.78 is 0. The molecule has 2 aromatic rings. The van der Waals surface area contributed by atoms with Gasteiger partial charge >= 0.3 is 6.03 Å². The summed E-state index contributed by atoms with van der Waals surface area (Å²) >= 11 is 7.85. The van der Waals surface area contributed by atoms with Crippen molar-refractivity contribution >= 4 is 29.4 Å². The summed E-state index contributed by atoms with van der Waals surface area (Å²) in [5.74, 6) is 0.986. The molecule has 0 bridgehead atoms. The van der Waals surface area contributed by atoms with Crippen molar-refractivity contribution in [3.63, 3.8) is 0 Å². The van der Waals surface area contributed by atoms with E-state index in [1.54, 1.807) is 18.0 Å². The molecule has 110 valence electrons. The van der Waals surface area contributed by atoms with E-state index in [9.17, 15) is 4.79 Å². The molecule has 7 heteroatoms. The van der Waals surface area contributed by atoms with Gasteiger partial charge in [0.05, 0.1) is 18.3 Å². The van der Waals surface area contributed by atoms with Crippen molar-refractivity contribution in [2.75, 3.05) is 5.75 Å². The Labute approximate surface area is 131 Å². The fraction of sp³-hybridized carbons (Fsp3) is 0.286. The molecule has 21 heavy (non-hydrogen) atoms. The van der Waals surface area contributed by atoms with Gasteiger partial charge in [-0.25, -0.2) is 4.79 Å². The Kier molecular flexibility index (Phi) is 4.36. The first-order chi connectivity index (χ1) is 10.2. The van der Waals surface area contributed by atoms with Crippen LogP contribution in [-0.2, 0) is 6.54 Å². The van der Waals surface area contributed by atoms with E-state index < -0.39 is 0 Å². The van der Waals surface area contributed by atoms with E-state index in [1.165, 1.54) is 4.90 Å². The Bertz CT molecular complexity index is 632. The van der Waals surface area contributed by atoms with Crippen molar-refractivity contribution in [3.8, 4) is 0 Å². The lowest BCUT2D eigenvalue weighted by atomic mass is 10.0. The number of urea groups is 1. The number of aromatic nitrogens is 2. The molecule has 0 unspecified atom stereocenters. The zero-order valence-electron chi connectivity index (χ0n) is 11.2. The summed E-state index contributed by atoms with van der Waals surface area (Å²) in [7, 11) is 0. The maximum atomic E-state index is 12.0. The van der Waals surface area contributed by atoms with Crippen LogP contribution in [0.25, 0.3) is 0 Å². The van der Waals surface area contributed by atoms with Gasteiger partial charge in [-0.05, 0) is 36.2 Å². The molecule has 1 aromatic heterocycles. The van der Waals surface area contributed by atoms with Gasteiger partial charge in [0.25, 0.3) is 0 Å². The molecule has 0 radical (unpaired) electrons. The second kappa shape index (κ2) is 6.41. The highest BCUT2D eigenvalue weighted by Gasteiger charge is 2.22. The predicted octanol–water partition coefficient (Wildman–Crippen LogP) is 3.10. The number of nitrogens with one attached hydrogen (secondary N) is 3. The summed E-state index contributed by atoms with van der Waals surface area (Å²) in [5.41, 5.74) is 1.96. The fourth-order valence-corrected chi connectivity index (χ4v) is 3.57. The number of amides is 2. The molecular formula is C14H15ClN4OS. The van der Waals surface area contributed by atoms with Gasteiger partial charge in [-0.2, -0.15) is 5.10 Å². The first-order valence-electron chi connectivity index (χ1n) is 6.67.